The van der Waals surface area contributed by atoms with Gasteiger partial charge in [-0.25, -0.2) is 4.79 Å². The summed E-state index contributed by atoms with van der Waals surface area (Å²) in [5.74, 6) is 0. The van der Waals surface area contributed by atoms with Gasteiger partial charge in [-0.3, -0.25) is 4.90 Å². The average Bonchev–Trinajstić information content (AvgIpc) is 2.92. The number of amides is 2. The molecule has 0 radical (unpaired) electrons. The standard InChI is InChI=1S/C19H28N4O2/c1-14-15(2)21-18-5-4-16(12-17(14)18)13-20-19(24)22(3)6-7-23-8-10-25-11-9-23/h4-5,12,21H,6-11,13H2,1-3H3,(H,20,24). The number of aromatic nitrogens is 1. The van der Waals surface area contributed by atoms with Gasteiger partial charge in [0.05, 0.1) is 13.2 Å². The number of nitrogens with one attached hydrogen (secondary N) is 2. The molecule has 0 saturated carbocycles. The second-order valence-corrected chi connectivity index (χ2v) is 6.79. The van der Waals surface area contributed by atoms with Crippen LogP contribution in [0.5, 0.6) is 0 Å². The van der Waals surface area contributed by atoms with Gasteiger partial charge in [0.1, 0.15) is 0 Å². The lowest BCUT2D eigenvalue weighted by atomic mass is 10.1. The number of rotatable bonds is 5. The topological polar surface area (TPSA) is 60.6 Å². The van der Waals surface area contributed by atoms with Gasteiger partial charge in [0.15, 0.2) is 0 Å². The Bertz CT molecular complexity index is 734. The predicted molar refractivity (Wildman–Crippen MR) is 99.9 cm³/mol. The van der Waals surface area contributed by atoms with Crippen molar-refractivity contribution in [2.75, 3.05) is 46.4 Å². The first kappa shape index (κ1) is 17.8. The molecule has 0 spiro atoms. The van der Waals surface area contributed by atoms with E-state index in [4.69, 9.17) is 4.74 Å². The van der Waals surface area contributed by atoms with Crippen LogP contribution in [0.25, 0.3) is 10.9 Å². The van der Waals surface area contributed by atoms with Crippen LogP contribution in [0.15, 0.2) is 18.2 Å². The van der Waals surface area contributed by atoms with Gasteiger partial charge >= 0.3 is 6.03 Å². The molecule has 3 rings (SSSR count). The van der Waals surface area contributed by atoms with E-state index in [-0.39, 0.29) is 6.03 Å². The number of benzene rings is 1. The molecule has 1 fully saturated rings. The van der Waals surface area contributed by atoms with E-state index in [9.17, 15) is 4.79 Å². The van der Waals surface area contributed by atoms with Crippen LogP contribution in [-0.4, -0.2) is 67.3 Å². The lowest BCUT2D eigenvalue weighted by Crippen LogP contribution is -2.44. The minimum absolute atomic E-state index is 0.0321. The molecule has 0 unspecified atom stereocenters. The summed E-state index contributed by atoms with van der Waals surface area (Å²) in [6.07, 6.45) is 0. The Morgan fingerprint density at radius 1 is 1.32 bits per heavy atom. The fraction of sp³-hybridized carbons (Fsp3) is 0.526. The molecule has 1 saturated heterocycles. The molecule has 1 aliphatic rings. The van der Waals surface area contributed by atoms with E-state index in [1.54, 1.807) is 4.90 Å². The number of likely N-dealkylation sites (N-methyl/N-ethyl adjacent to an activating group) is 1. The summed E-state index contributed by atoms with van der Waals surface area (Å²) in [5, 5.41) is 4.24. The zero-order valence-corrected chi connectivity index (χ0v) is 15.4. The molecule has 1 aromatic heterocycles. The summed E-state index contributed by atoms with van der Waals surface area (Å²) in [6, 6.07) is 6.27. The number of nitrogens with zero attached hydrogens (tertiary/aromatic N) is 2. The van der Waals surface area contributed by atoms with E-state index in [2.05, 4.69) is 47.2 Å². The number of urea groups is 1. The third-order valence-corrected chi connectivity index (χ3v) is 5.02. The molecular formula is C19H28N4O2. The summed E-state index contributed by atoms with van der Waals surface area (Å²) >= 11 is 0. The van der Waals surface area contributed by atoms with E-state index in [1.807, 2.05) is 7.05 Å². The van der Waals surface area contributed by atoms with Crippen LogP contribution in [-0.2, 0) is 11.3 Å². The molecule has 0 aliphatic carbocycles. The van der Waals surface area contributed by atoms with Crippen molar-refractivity contribution in [2.24, 2.45) is 0 Å². The Kier molecular flexibility index (Phi) is 5.60. The first-order valence-corrected chi connectivity index (χ1v) is 8.91. The van der Waals surface area contributed by atoms with E-state index in [0.29, 0.717) is 6.54 Å². The zero-order chi connectivity index (χ0) is 17.8. The van der Waals surface area contributed by atoms with Gasteiger partial charge in [-0.2, -0.15) is 0 Å². The van der Waals surface area contributed by atoms with Gasteiger partial charge in [0.25, 0.3) is 0 Å². The van der Waals surface area contributed by atoms with Crippen molar-refractivity contribution in [3.8, 4) is 0 Å². The van der Waals surface area contributed by atoms with Crippen molar-refractivity contribution in [3.63, 3.8) is 0 Å². The van der Waals surface area contributed by atoms with Gasteiger partial charge in [-0.05, 0) is 37.1 Å². The first-order chi connectivity index (χ1) is 12.0. The van der Waals surface area contributed by atoms with Gasteiger partial charge < -0.3 is 19.9 Å². The molecule has 2 amide bonds. The lowest BCUT2D eigenvalue weighted by Gasteiger charge is -2.28. The zero-order valence-electron chi connectivity index (χ0n) is 15.4. The molecule has 6 heteroatoms. The molecule has 0 bridgehead atoms. The number of carbonyl (C=O) groups excluding carboxylic acids is 1. The maximum atomic E-state index is 12.3. The van der Waals surface area contributed by atoms with E-state index in [1.165, 1.54) is 16.6 Å². The van der Waals surface area contributed by atoms with Crippen molar-refractivity contribution in [3.05, 3.63) is 35.0 Å². The molecule has 2 aromatic rings. The van der Waals surface area contributed by atoms with Crippen LogP contribution in [0, 0.1) is 13.8 Å². The molecule has 136 valence electrons. The number of ether oxygens (including phenoxy) is 1. The van der Waals surface area contributed by atoms with Gasteiger partial charge in [0.2, 0.25) is 0 Å². The maximum Gasteiger partial charge on any atom is 0.317 e. The second kappa shape index (κ2) is 7.89. The lowest BCUT2D eigenvalue weighted by molar-refractivity contribution is 0.0357. The number of aryl methyl sites for hydroxylation is 2. The monoisotopic (exact) mass is 344 g/mol. The predicted octanol–water partition coefficient (Wildman–Crippen LogP) is 2.26. The minimum atomic E-state index is -0.0321. The molecule has 25 heavy (non-hydrogen) atoms. The third-order valence-electron chi connectivity index (χ3n) is 5.02. The first-order valence-electron chi connectivity index (χ1n) is 8.91. The third kappa shape index (κ3) is 4.32. The highest BCUT2D eigenvalue weighted by molar-refractivity contribution is 5.85. The average molecular weight is 344 g/mol. The Labute approximate surface area is 149 Å². The summed E-state index contributed by atoms with van der Waals surface area (Å²) in [5.41, 5.74) is 4.72. The second-order valence-electron chi connectivity index (χ2n) is 6.79. The highest BCUT2D eigenvalue weighted by Gasteiger charge is 2.13. The summed E-state index contributed by atoms with van der Waals surface area (Å²) < 4.78 is 5.35. The van der Waals surface area contributed by atoms with Gasteiger partial charge in [-0.15, -0.1) is 0 Å². The summed E-state index contributed by atoms with van der Waals surface area (Å²) in [4.78, 5) is 19.7. The fourth-order valence-corrected chi connectivity index (χ4v) is 3.15. The SMILES string of the molecule is Cc1[nH]c2ccc(CNC(=O)N(C)CCN3CCOCC3)cc2c1C. The molecule has 1 aliphatic heterocycles. The maximum absolute atomic E-state index is 12.3. The van der Waals surface area contributed by atoms with Crippen molar-refractivity contribution in [1.29, 1.82) is 0 Å². The highest BCUT2D eigenvalue weighted by Crippen LogP contribution is 2.22. The summed E-state index contributed by atoms with van der Waals surface area (Å²) in [7, 11) is 1.85. The Balaban J connectivity index is 1.50. The number of carbonyl (C=O) groups is 1. The minimum Gasteiger partial charge on any atom is -0.379 e. The van der Waals surface area contributed by atoms with Crippen molar-refractivity contribution < 1.29 is 9.53 Å². The number of hydrogen-bond donors (Lipinski definition) is 2. The van der Waals surface area contributed by atoms with Crippen LogP contribution in [0.4, 0.5) is 4.79 Å². The van der Waals surface area contributed by atoms with Crippen molar-refractivity contribution in [1.82, 2.24) is 20.1 Å². The smallest absolute Gasteiger partial charge is 0.317 e. The number of morpholine rings is 1. The van der Waals surface area contributed by atoms with Crippen molar-refractivity contribution >= 4 is 16.9 Å². The van der Waals surface area contributed by atoms with Crippen LogP contribution >= 0.6 is 0 Å². The fourth-order valence-electron chi connectivity index (χ4n) is 3.15. The highest BCUT2D eigenvalue weighted by atomic mass is 16.5. The molecular weight excluding hydrogens is 316 g/mol. The van der Waals surface area contributed by atoms with Crippen LogP contribution in [0.1, 0.15) is 16.8 Å². The molecule has 2 N–H and O–H groups in total. The van der Waals surface area contributed by atoms with Gasteiger partial charge in [-0.1, -0.05) is 6.07 Å². The number of hydrogen-bond acceptors (Lipinski definition) is 3. The Hall–Kier alpha value is -2.05. The number of aromatic amines is 1. The summed E-state index contributed by atoms with van der Waals surface area (Å²) in [6.45, 7) is 9.83. The normalized spacial score (nSPS) is 15.5. The van der Waals surface area contributed by atoms with Crippen LogP contribution in [0.3, 0.4) is 0 Å². The quantitative estimate of drug-likeness (QED) is 0.875. The van der Waals surface area contributed by atoms with Crippen molar-refractivity contribution in [2.45, 2.75) is 20.4 Å². The largest absolute Gasteiger partial charge is 0.379 e. The molecule has 6 nitrogen and oxygen atoms in total. The van der Waals surface area contributed by atoms with Crippen LogP contribution < -0.4 is 5.32 Å². The van der Waals surface area contributed by atoms with E-state index < -0.39 is 0 Å². The number of fused-ring (bicyclic) bond motifs is 1. The molecule has 1 aromatic carbocycles. The Morgan fingerprint density at radius 3 is 2.84 bits per heavy atom. The number of H-pyrrole nitrogens is 1. The van der Waals surface area contributed by atoms with E-state index in [0.717, 1.165) is 50.5 Å². The Morgan fingerprint density at radius 2 is 2.08 bits per heavy atom. The molecule has 2 heterocycles. The molecule has 0 atom stereocenters. The van der Waals surface area contributed by atoms with Gasteiger partial charge in [0, 0.05) is 56.4 Å². The van der Waals surface area contributed by atoms with Crippen LogP contribution in [0.2, 0.25) is 0 Å². The van der Waals surface area contributed by atoms with E-state index >= 15 is 0 Å².